The fourth-order valence-electron chi connectivity index (χ4n) is 2.34. The maximum Gasteiger partial charge on any atom is 0.146 e. The third-order valence-electron chi connectivity index (χ3n) is 3.51. The summed E-state index contributed by atoms with van der Waals surface area (Å²) in [6.45, 7) is 0. The molecule has 0 amide bonds. The van der Waals surface area contributed by atoms with Crippen LogP contribution in [-0.4, -0.2) is 10.1 Å². The maximum atomic E-state index is 10.4. The van der Waals surface area contributed by atoms with Crippen LogP contribution < -0.4 is 5.73 Å². The first kappa shape index (κ1) is 13.1. The van der Waals surface area contributed by atoms with E-state index in [2.05, 4.69) is 11.1 Å². The molecule has 3 aromatic rings. The summed E-state index contributed by atoms with van der Waals surface area (Å²) in [6, 6.07) is 16.0. The number of pyridine rings is 1. The van der Waals surface area contributed by atoms with E-state index in [0.29, 0.717) is 16.6 Å². The van der Waals surface area contributed by atoms with Crippen LogP contribution in [0.1, 0.15) is 22.7 Å². The molecule has 0 aliphatic heterocycles. The molecule has 21 heavy (non-hydrogen) atoms. The first-order valence-corrected chi connectivity index (χ1v) is 6.53. The Balaban J connectivity index is 2.06. The lowest BCUT2D eigenvalue weighted by atomic mass is 9.96. The minimum atomic E-state index is -0.468. The highest BCUT2D eigenvalue weighted by molar-refractivity contribution is 5.85. The second-order valence-electron chi connectivity index (χ2n) is 4.79. The molecule has 1 heterocycles. The summed E-state index contributed by atoms with van der Waals surface area (Å²) >= 11 is 0. The molecule has 2 aromatic carbocycles. The highest BCUT2D eigenvalue weighted by Crippen LogP contribution is 2.32. The quantitative estimate of drug-likeness (QED) is 0.753. The Labute approximate surface area is 122 Å². The van der Waals surface area contributed by atoms with Gasteiger partial charge < -0.3 is 10.8 Å². The van der Waals surface area contributed by atoms with Crippen molar-refractivity contribution in [3.63, 3.8) is 0 Å². The molecule has 102 valence electrons. The predicted octanol–water partition coefficient (Wildman–Crippen LogP) is 2.86. The molecule has 0 aliphatic carbocycles. The molecule has 1 atom stereocenters. The van der Waals surface area contributed by atoms with E-state index in [-0.39, 0.29) is 5.75 Å². The van der Waals surface area contributed by atoms with Gasteiger partial charge in [-0.3, -0.25) is 4.98 Å². The van der Waals surface area contributed by atoms with Crippen LogP contribution in [0, 0.1) is 11.3 Å². The van der Waals surface area contributed by atoms with E-state index in [9.17, 15) is 5.11 Å². The number of phenols is 1. The second-order valence-corrected chi connectivity index (χ2v) is 4.79. The second kappa shape index (κ2) is 5.23. The minimum absolute atomic E-state index is 0.102. The van der Waals surface area contributed by atoms with Crippen LogP contribution >= 0.6 is 0 Å². The van der Waals surface area contributed by atoms with Crippen LogP contribution in [0.3, 0.4) is 0 Å². The van der Waals surface area contributed by atoms with Gasteiger partial charge in [-0.2, -0.15) is 5.26 Å². The van der Waals surface area contributed by atoms with Gasteiger partial charge in [0.2, 0.25) is 0 Å². The molecule has 1 unspecified atom stereocenters. The number of rotatable bonds is 2. The molecule has 3 rings (SSSR count). The molecule has 0 aliphatic rings. The summed E-state index contributed by atoms with van der Waals surface area (Å²) in [4.78, 5) is 4.20. The first-order chi connectivity index (χ1) is 10.2. The average molecular weight is 275 g/mol. The molecule has 0 radical (unpaired) electrons. The number of fused-ring (bicyclic) bond motifs is 1. The number of phenolic OH excluding ortho intramolecular Hbond substituents is 1. The fraction of sp³-hybridized carbons (Fsp3) is 0.0588. The van der Waals surface area contributed by atoms with E-state index < -0.39 is 6.04 Å². The summed E-state index contributed by atoms with van der Waals surface area (Å²) in [5.74, 6) is 0.102. The topological polar surface area (TPSA) is 82.9 Å². The molecular weight excluding hydrogens is 262 g/mol. The monoisotopic (exact) mass is 275 g/mol. The lowest BCUT2D eigenvalue weighted by molar-refractivity contribution is 0.470. The van der Waals surface area contributed by atoms with Crippen molar-refractivity contribution in [2.75, 3.05) is 0 Å². The SMILES string of the molecule is N#Cc1ccc(C(N)c2ccc3cccnc3c2O)cc1. The van der Waals surface area contributed by atoms with Gasteiger partial charge in [-0.15, -0.1) is 0 Å². The first-order valence-electron chi connectivity index (χ1n) is 6.53. The molecule has 0 fully saturated rings. The van der Waals surface area contributed by atoms with E-state index in [0.717, 1.165) is 10.9 Å². The Morgan fingerprint density at radius 3 is 2.57 bits per heavy atom. The number of aromatic hydroxyl groups is 1. The maximum absolute atomic E-state index is 10.4. The van der Waals surface area contributed by atoms with Crippen molar-refractivity contribution in [3.05, 3.63) is 71.4 Å². The molecule has 0 saturated carbocycles. The van der Waals surface area contributed by atoms with E-state index in [1.165, 1.54) is 0 Å². The molecule has 1 aromatic heterocycles. The molecule has 4 heteroatoms. The minimum Gasteiger partial charge on any atom is -0.505 e. The van der Waals surface area contributed by atoms with Crippen LogP contribution in [0.4, 0.5) is 0 Å². The standard InChI is InChI=1S/C17H13N3O/c18-10-11-3-5-12(6-4-11)15(19)14-8-7-13-2-1-9-20-16(13)17(14)21/h1-9,15,21H,19H2. The highest BCUT2D eigenvalue weighted by Gasteiger charge is 2.15. The zero-order chi connectivity index (χ0) is 14.8. The Bertz CT molecular complexity index is 835. The Hall–Kier alpha value is -2.90. The van der Waals surface area contributed by atoms with Gasteiger partial charge in [-0.1, -0.05) is 30.3 Å². The molecule has 0 bridgehead atoms. The summed E-state index contributed by atoms with van der Waals surface area (Å²) in [5, 5.41) is 20.1. The van der Waals surface area contributed by atoms with Crippen molar-refractivity contribution < 1.29 is 5.11 Å². The van der Waals surface area contributed by atoms with E-state index in [1.54, 1.807) is 30.5 Å². The largest absolute Gasteiger partial charge is 0.505 e. The third kappa shape index (κ3) is 2.31. The summed E-state index contributed by atoms with van der Waals surface area (Å²) < 4.78 is 0. The van der Waals surface area contributed by atoms with Crippen LogP contribution in [-0.2, 0) is 0 Å². The number of hydrogen-bond acceptors (Lipinski definition) is 4. The third-order valence-corrected chi connectivity index (χ3v) is 3.51. The number of nitrogens with two attached hydrogens (primary N) is 1. The predicted molar refractivity (Wildman–Crippen MR) is 80.6 cm³/mol. The van der Waals surface area contributed by atoms with Crippen molar-refractivity contribution >= 4 is 10.9 Å². The van der Waals surface area contributed by atoms with E-state index in [4.69, 9.17) is 11.0 Å². The van der Waals surface area contributed by atoms with Crippen molar-refractivity contribution in [2.45, 2.75) is 6.04 Å². The molecule has 4 nitrogen and oxygen atoms in total. The smallest absolute Gasteiger partial charge is 0.146 e. The van der Waals surface area contributed by atoms with Gasteiger partial charge in [0, 0.05) is 17.1 Å². The molecule has 0 spiro atoms. The van der Waals surface area contributed by atoms with Crippen LogP contribution in [0.25, 0.3) is 10.9 Å². The lowest BCUT2D eigenvalue weighted by Gasteiger charge is -2.15. The van der Waals surface area contributed by atoms with Gasteiger partial charge in [0.15, 0.2) is 0 Å². The molecule has 3 N–H and O–H groups in total. The Kier molecular flexibility index (Phi) is 3.27. The van der Waals surface area contributed by atoms with Gasteiger partial charge in [-0.05, 0) is 23.8 Å². The molecular formula is C17H13N3O. The Morgan fingerprint density at radius 1 is 1.10 bits per heavy atom. The number of nitrogens with zero attached hydrogens (tertiary/aromatic N) is 2. The number of nitriles is 1. The van der Waals surface area contributed by atoms with Gasteiger partial charge in [0.05, 0.1) is 17.7 Å². The summed E-state index contributed by atoms with van der Waals surface area (Å²) in [6.07, 6.45) is 1.64. The zero-order valence-corrected chi connectivity index (χ0v) is 11.2. The van der Waals surface area contributed by atoms with Crippen LogP contribution in [0.2, 0.25) is 0 Å². The van der Waals surface area contributed by atoms with Crippen molar-refractivity contribution in [3.8, 4) is 11.8 Å². The van der Waals surface area contributed by atoms with Crippen molar-refractivity contribution in [1.82, 2.24) is 4.98 Å². The fourth-order valence-corrected chi connectivity index (χ4v) is 2.34. The van der Waals surface area contributed by atoms with Gasteiger partial charge in [0.25, 0.3) is 0 Å². The van der Waals surface area contributed by atoms with E-state index in [1.807, 2.05) is 24.3 Å². The zero-order valence-electron chi connectivity index (χ0n) is 11.2. The number of benzene rings is 2. The highest BCUT2D eigenvalue weighted by atomic mass is 16.3. The average Bonchev–Trinajstić information content (AvgIpc) is 2.55. The normalized spacial score (nSPS) is 12.0. The van der Waals surface area contributed by atoms with Gasteiger partial charge in [0.1, 0.15) is 11.3 Å². The van der Waals surface area contributed by atoms with E-state index >= 15 is 0 Å². The van der Waals surface area contributed by atoms with Gasteiger partial charge >= 0.3 is 0 Å². The van der Waals surface area contributed by atoms with Crippen molar-refractivity contribution in [2.24, 2.45) is 5.73 Å². The Morgan fingerprint density at radius 2 is 1.86 bits per heavy atom. The summed E-state index contributed by atoms with van der Waals surface area (Å²) in [7, 11) is 0. The van der Waals surface area contributed by atoms with Gasteiger partial charge in [-0.25, -0.2) is 0 Å². The van der Waals surface area contributed by atoms with Crippen LogP contribution in [0.5, 0.6) is 5.75 Å². The van der Waals surface area contributed by atoms with Crippen LogP contribution in [0.15, 0.2) is 54.7 Å². The number of hydrogen-bond donors (Lipinski definition) is 2. The van der Waals surface area contributed by atoms with Crippen molar-refractivity contribution in [1.29, 1.82) is 5.26 Å². The molecule has 0 saturated heterocycles. The summed E-state index contributed by atoms with van der Waals surface area (Å²) in [5.41, 5.74) is 8.80. The lowest BCUT2D eigenvalue weighted by Crippen LogP contribution is -2.12. The number of aromatic nitrogens is 1.